The molecule has 6 heteroatoms. The van der Waals surface area contributed by atoms with Crippen LogP contribution in [0.25, 0.3) is 21.8 Å². The van der Waals surface area contributed by atoms with Gasteiger partial charge in [0.1, 0.15) is 6.54 Å². The Morgan fingerprint density at radius 1 is 1.06 bits per heavy atom. The number of piperidine rings is 1. The summed E-state index contributed by atoms with van der Waals surface area (Å²) in [6.07, 6.45) is 7.72. The van der Waals surface area contributed by atoms with Crippen LogP contribution in [0.3, 0.4) is 0 Å². The molecule has 0 saturated carbocycles. The predicted molar refractivity (Wildman–Crippen MR) is 130 cm³/mol. The maximum absolute atomic E-state index is 13.0. The van der Waals surface area contributed by atoms with E-state index in [1.54, 1.807) is 6.20 Å². The first-order chi connectivity index (χ1) is 15.5. The summed E-state index contributed by atoms with van der Waals surface area (Å²) in [7, 11) is 2.00. The molecule has 4 aromatic rings. The Morgan fingerprint density at radius 3 is 2.56 bits per heavy atom. The number of hydrogen-bond acceptors (Lipinski definition) is 3. The largest absolute Gasteiger partial charge is 0.341 e. The Morgan fingerprint density at radius 2 is 1.81 bits per heavy atom. The highest BCUT2D eigenvalue weighted by Crippen LogP contribution is 2.31. The summed E-state index contributed by atoms with van der Waals surface area (Å²) in [5.41, 5.74) is 5.85. The van der Waals surface area contributed by atoms with E-state index in [-0.39, 0.29) is 5.91 Å². The monoisotopic (exact) mass is 431 g/mol. The number of carbonyl (C=O) groups excluding carboxylic acids is 1. The predicted octanol–water partition coefficient (Wildman–Crippen LogP) is 4.97. The maximum atomic E-state index is 13.0. The van der Waals surface area contributed by atoms with Gasteiger partial charge in [0.15, 0.2) is 0 Å². The molecule has 6 nitrogen and oxygen atoms in total. The number of nitrogens with zero attached hydrogens (tertiary/aromatic N) is 5. The van der Waals surface area contributed by atoms with Crippen molar-refractivity contribution >= 4 is 27.7 Å². The van der Waals surface area contributed by atoms with Crippen molar-refractivity contribution in [1.29, 1.82) is 0 Å². The van der Waals surface area contributed by atoms with Gasteiger partial charge in [0, 0.05) is 49.5 Å². The molecule has 1 saturated heterocycles. The summed E-state index contributed by atoms with van der Waals surface area (Å²) in [4.78, 5) is 19.2. The molecule has 0 radical (unpaired) electrons. The lowest BCUT2D eigenvalue weighted by atomic mass is 9.89. The van der Waals surface area contributed by atoms with Crippen LogP contribution in [0.15, 0.2) is 42.9 Å². The minimum absolute atomic E-state index is 0.194. The van der Waals surface area contributed by atoms with Crippen molar-refractivity contribution < 1.29 is 4.79 Å². The van der Waals surface area contributed by atoms with Crippen molar-refractivity contribution in [3.63, 3.8) is 0 Å². The Hall–Kier alpha value is -3.15. The molecule has 1 fully saturated rings. The van der Waals surface area contributed by atoms with E-state index < -0.39 is 0 Å². The van der Waals surface area contributed by atoms with Gasteiger partial charge < -0.3 is 9.47 Å². The summed E-state index contributed by atoms with van der Waals surface area (Å²) >= 11 is 0. The molecule has 1 aliphatic heterocycles. The zero-order valence-electron chi connectivity index (χ0n) is 19.8. The van der Waals surface area contributed by atoms with E-state index in [0.29, 0.717) is 12.5 Å². The van der Waals surface area contributed by atoms with Crippen LogP contribution in [-0.2, 0) is 18.4 Å². The Kier molecular flexibility index (Phi) is 6.31. The van der Waals surface area contributed by atoms with Crippen LogP contribution < -0.4 is 0 Å². The summed E-state index contributed by atoms with van der Waals surface area (Å²) in [5.74, 6) is 0.689. The lowest BCUT2D eigenvalue weighted by Gasteiger charge is -2.32. The fourth-order valence-corrected chi connectivity index (χ4v) is 4.86. The first-order valence-electron chi connectivity index (χ1n) is 11.6. The number of amides is 1. The highest BCUT2D eigenvalue weighted by Gasteiger charge is 2.25. The van der Waals surface area contributed by atoms with Crippen molar-refractivity contribution in [1.82, 2.24) is 24.2 Å². The van der Waals surface area contributed by atoms with Crippen LogP contribution in [0.5, 0.6) is 0 Å². The van der Waals surface area contributed by atoms with Gasteiger partial charge in [-0.1, -0.05) is 26.0 Å². The smallest absolute Gasteiger partial charge is 0.242 e. The summed E-state index contributed by atoms with van der Waals surface area (Å²) < 4.78 is 4.02. The van der Waals surface area contributed by atoms with Crippen molar-refractivity contribution in [2.75, 3.05) is 13.1 Å². The van der Waals surface area contributed by atoms with Crippen LogP contribution in [-0.4, -0.2) is 43.2 Å². The second-order valence-corrected chi connectivity index (χ2v) is 8.47. The highest BCUT2D eigenvalue weighted by molar-refractivity contribution is 5.85. The third-order valence-electron chi connectivity index (χ3n) is 6.57. The number of fused-ring (bicyclic) bond motifs is 2. The number of hydrogen-bond donors (Lipinski definition) is 0. The van der Waals surface area contributed by atoms with Crippen LogP contribution in [0.1, 0.15) is 49.4 Å². The van der Waals surface area contributed by atoms with Crippen LogP contribution in [0.2, 0.25) is 0 Å². The average Bonchev–Trinajstić information content (AvgIpc) is 3.30. The zero-order valence-corrected chi connectivity index (χ0v) is 19.8. The molecule has 0 unspecified atom stereocenters. The molecule has 4 heterocycles. The second kappa shape index (κ2) is 9.15. The molecule has 1 aliphatic rings. The first kappa shape index (κ1) is 22.1. The molecule has 0 bridgehead atoms. The van der Waals surface area contributed by atoms with Crippen molar-refractivity contribution in [3.8, 4) is 0 Å². The van der Waals surface area contributed by atoms with E-state index in [1.165, 1.54) is 16.5 Å². The van der Waals surface area contributed by atoms with Gasteiger partial charge in [-0.2, -0.15) is 5.10 Å². The van der Waals surface area contributed by atoms with Gasteiger partial charge in [0.25, 0.3) is 0 Å². The molecule has 5 rings (SSSR count). The molecule has 3 aromatic heterocycles. The van der Waals surface area contributed by atoms with Gasteiger partial charge in [-0.25, -0.2) is 0 Å². The number of aryl methyl sites for hydroxylation is 3. The number of likely N-dealkylation sites (tertiary alicyclic amines) is 1. The first-order valence-corrected chi connectivity index (χ1v) is 11.6. The Balaban J connectivity index is 0.00000119. The van der Waals surface area contributed by atoms with Crippen molar-refractivity contribution in [2.45, 2.75) is 53.0 Å². The van der Waals surface area contributed by atoms with E-state index >= 15 is 0 Å². The SMILES string of the molecule is CC.Cc1cn(CC(=O)N2CCC(c3ccc4c(C)nn(C)c4c3)CC2)c2ccncc12. The molecule has 0 spiro atoms. The molecule has 1 amide bonds. The third kappa shape index (κ3) is 4.01. The van der Waals surface area contributed by atoms with Gasteiger partial charge in [-0.15, -0.1) is 0 Å². The second-order valence-electron chi connectivity index (χ2n) is 8.47. The summed E-state index contributed by atoms with van der Waals surface area (Å²) in [6.45, 7) is 10.1. The Labute approximate surface area is 189 Å². The minimum atomic E-state index is 0.194. The lowest BCUT2D eigenvalue weighted by molar-refractivity contribution is -0.132. The molecule has 0 N–H and O–H groups in total. The zero-order chi connectivity index (χ0) is 22.8. The molecule has 1 aromatic carbocycles. The molecule has 0 aliphatic carbocycles. The molecule has 0 atom stereocenters. The number of benzene rings is 1. The van der Waals surface area contributed by atoms with Crippen LogP contribution in [0.4, 0.5) is 0 Å². The topological polar surface area (TPSA) is 56.0 Å². The van der Waals surface area contributed by atoms with E-state index in [9.17, 15) is 4.79 Å². The third-order valence-corrected chi connectivity index (χ3v) is 6.57. The van der Waals surface area contributed by atoms with Gasteiger partial charge >= 0.3 is 0 Å². The van der Waals surface area contributed by atoms with E-state index in [1.807, 2.05) is 42.7 Å². The van der Waals surface area contributed by atoms with Gasteiger partial charge in [-0.05, 0) is 55.9 Å². The van der Waals surface area contributed by atoms with Crippen LogP contribution >= 0.6 is 0 Å². The molecular weight excluding hydrogens is 398 g/mol. The van der Waals surface area contributed by atoms with E-state index in [0.717, 1.165) is 48.1 Å². The van der Waals surface area contributed by atoms with Gasteiger partial charge in [0.2, 0.25) is 5.91 Å². The molecule has 32 heavy (non-hydrogen) atoms. The summed E-state index contributed by atoms with van der Waals surface area (Å²) in [5, 5.41) is 6.87. The summed E-state index contributed by atoms with van der Waals surface area (Å²) in [6, 6.07) is 8.69. The van der Waals surface area contributed by atoms with Gasteiger partial charge in [0.05, 0.1) is 16.7 Å². The number of carbonyl (C=O) groups is 1. The van der Waals surface area contributed by atoms with E-state index in [2.05, 4.69) is 52.9 Å². The molecular formula is C26H33N5O. The quantitative estimate of drug-likeness (QED) is 0.460. The van der Waals surface area contributed by atoms with Crippen LogP contribution in [0, 0.1) is 13.8 Å². The normalized spacial score (nSPS) is 14.6. The fraction of sp³-hybridized carbons (Fsp3) is 0.423. The number of aromatic nitrogens is 4. The van der Waals surface area contributed by atoms with Crippen molar-refractivity contribution in [2.24, 2.45) is 7.05 Å². The van der Waals surface area contributed by atoms with Gasteiger partial charge in [-0.3, -0.25) is 14.5 Å². The molecule has 168 valence electrons. The number of rotatable bonds is 3. The lowest BCUT2D eigenvalue weighted by Crippen LogP contribution is -2.39. The Bertz CT molecular complexity index is 1240. The maximum Gasteiger partial charge on any atom is 0.242 e. The van der Waals surface area contributed by atoms with Crippen molar-refractivity contribution in [3.05, 3.63) is 59.7 Å². The van der Waals surface area contributed by atoms with E-state index in [4.69, 9.17) is 0 Å². The fourth-order valence-electron chi connectivity index (χ4n) is 4.86. The minimum Gasteiger partial charge on any atom is -0.341 e. The number of pyridine rings is 1. The average molecular weight is 432 g/mol. The standard InChI is InChI=1S/C24H27N5O.C2H6/c1-16-14-29(22-6-9-25-13-21(16)22)15-24(30)28-10-7-18(8-11-28)19-4-5-20-17(2)26-27(3)23(20)12-19;1-2/h4-6,9,12-14,18H,7-8,10-11,15H2,1-3H3;1-2H3. The highest BCUT2D eigenvalue weighted by atomic mass is 16.2.